The molecule has 1 N–H and O–H groups in total. The molecule has 2 aromatic rings. The number of halogens is 1. The van der Waals surface area contributed by atoms with E-state index < -0.39 is 6.04 Å². The summed E-state index contributed by atoms with van der Waals surface area (Å²) in [6.07, 6.45) is 0.248. The van der Waals surface area contributed by atoms with Crippen LogP contribution in [0, 0.1) is 6.92 Å². The van der Waals surface area contributed by atoms with Gasteiger partial charge in [0.15, 0.2) is 0 Å². The minimum Gasteiger partial charge on any atom is -0.357 e. The molecule has 1 atom stereocenters. The Balaban J connectivity index is 2.27. The van der Waals surface area contributed by atoms with Gasteiger partial charge in [0.1, 0.15) is 6.04 Å². The van der Waals surface area contributed by atoms with Crippen LogP contribution in [0.5, 0.6) is 0 Å². The van der Waals surface area contributed by atoms with Crippen molar-refractivity contribution in [3.05, 3.63) is 70.2 Å². The van der Waals surface area contributed by atoms with Crippen LogP contribution in [-0.4, -0.2) is 29.8 Å². The molecule has 0 aliphatic heterocycles. The van der Waals surface area contributed by atoms with Crippen molar-refractivity contribution in [1.82, 2.24) is 10.2 Å². The van der Waals surface area contributed by atoms with Gasteiger partial charge in [0.25, 0.3) is 0 Å². The number of carbonyl (C=O) groups excluding carboxylic acids is 2. The third-order valence-corrected chi connectivity index (χ3v) is 4.68. The number of amides is 2. The lowest BCUT2D eigenvalue weighted by molar-refractivity contribution is -0.139. The summed E-state index contributed by atoms with van der Waals surface area (Å²) in [7, 11) is 1.57. The van der Waals surface area contributed by atoms with Gasteiger partial charge in [-0.15, -0.1) is 0 Å². The average Bonchev–Trinajstić information content (AvgIpc) is 2.61. The van der Waals surface area contributed by atoms with Gasteiger partial charge in [0.2, 0.25) is 11.8 Å². The molecular weight excluding hydrogens is 336 g/mol. The summed E-state index contributed by atoms with van der Waals surface area (Å²) < 4.78 is 0. The van der Waals surface area contributed by atoms with Crippen LogP contribution in [0.4, 0.5) is 0 Å². The summed E-state index contributed by atoms with van der Waals surface area (Å²) in [4.78, 5) is 26.6. The second-order valence-corrected chi connectivity index (χ2v) is 6.41. The van der Waals surface area contributed by atoms with E-state index in [1.54, 1.807) is 24.9 Å². The molecule has 0 heterocycles. The molecule has 4 nitrogen and oxygen atoms in total. The summed E-state index contributed by atoms with van der Waals surface area (Å²) in [5.74, 6) is -0.310. The minimum absolute atomic E-state index is 0.106. The highest BCUT2D eigenvalue weighted by atomic mass is 35.5. The molecule has 0 saturated carbocycles. The quantitative estimate of drug-likeness (QED) is 0.860. The monoisotopic (exact) mass is 358 g/mol. The first-order valence-electron chi connectivity index (χ1n) is 8.23. The number of carbonyl (C=O) groups is 2. The zero-order chi connectivity index (χ0) is 18.4. The molecule has 132 valence electrons. The summed E-state index contributed by atoms with van der Waals surface area (Å²) in [5.41, 5.74) is 2.83. The van der Waals surface area contributed by atoms with E-state index in [-0.39, 0.29) is 18.2 Å². The van der Waals surface area contributed by atoms with Crippen molar-refractivity contribution in [2.45, 2.75) is 32.9 Å². The van der Waals surface area contributed by atoms with Crippen molar-refractivity contribution in [1.29, 1.82) is 0 Å². The molecule has 2 aromatic carbocycles. The lowest BCUT2D eigenvalue weighted by atomic mass is 10.0. The van der Waals surface area contributed by atoms with Crippen LogP contribution < -0.4 is 5.32 Å². The zero-order valence-corrected chi connectivity index (χ0v) is 15.5. The number of nitrogens with one attached hydrogen (secondary N) is 1. The predicted octanol–water partition coefficient (Wildman–Crippen LogP) is 3.35. The second kappa shape index (κ2) is 8.67. The van der Waals surface area contributed by atoms with E-state index in [9.17, 15) is 9.59 Å². The highest BCUT2D eigenvalue weighted by Gasteiger charge is 2.26. The first-order valence-corrected chi connectivity index (χ1v) is 8.60. The fraction of sp³-hybridized carbons (Fsp3) is 0.300. The van der Waals surface area contributed by atoms with Gasteiger partial charge in [-0.3, -0.25) is 9.59 Å². The van der Waals surface area contributed by atoms with E-state index in [0.29, 0.717) is 11.6 Å². The van der Waals surface area contributed by atoms with Crippen molar-refractivity contribution in [2.24, 2.45) is 0 Å². The van der Waals surface area contributed by atoms with Gasteiger partial charge in [-0.25, -0.2) is 0 Å². The molecule has 0 saturated heterocycles. The lowest BCUT2D eigenvalue weighted by Gasteiger charge is -2.29. The molecule has 0 radical (unpaired) electrons. The van der Waals surface area contributed by atoms with Crippen LogP contribution in [-0.2, 0) is 22.6 Å². The van der Waals surface area contributed by atoms with Gasteiger partial charge >= 0.3 is 0 Å². The molecule has 0 aromatic heterocycles. The van der Waals surface area contributed by atoms with E-state index >= 15 is 0 Å². The van der Waals surface area contributed by atoms with Crippen molar-refractivity contribution >= 4 is 23.4 Å². The van der Waals surface area contributed by atoms with Crippen molar-refractivity contribution in [3.8, 4) is 0 Å². The molecule has 2 amide bonds. The summed E-state index contributed by atoms with van der Waals surface area (Å²) in [5, 5.41) is 3.19. The minimum atomic E-state index is -0.585. The van der Waals surface area contributed by atoms with Crippen LogP contribution in [0.2, 0.25) is 5.02 Å². The maximum Gasteiger partial charge on any atom is 0.242 e. The molecule has 2 rings (SSSR count). The summed E-state index contributed by atoms with van der Waals surface area (Å²) >= 11 is 6.24. The Morgan fingerprint density at radius 3 is 2.28 bits per heavy atom. The van der Waals surface area contributed by atoms with Crippen molar-refractivity contribution in [3.63, 3.8) is 0 Å². The molecule has 25 heavy (non-hydrogen) atoms. The lowest BCUT2D eigenvalue weighted by Crippen LogP contribution is -2.47. The van der Waals surface area contributed by atoms with Crippen molar-refractivity contribution < 1.29 is 9.59 Å². The largest absolute Gasteiger partial charge is 0.357 e. The van der Waals surface area contributed by atoms with Crippen LogP contribution in [0.3, 0.4) is 0 Å². The third kappa shape index (κ3) is 4.83. The Bertz CT molecular complexity index is 761. The van der Waals surface area contributed by atoms with Crippen LogP contribution in [0.15, 0.2) is 48.5 Å². The average molecular weight is 359 g/mol. The predicted molar refractivity (Wildman–Crippen MR) is 100 cm³/mol. The number of aryl methyl sites for hydroxylation is 1. The Labute approximate surface area is 153 Å². The SMILES string of the molecule is CNC(=O)[C@@H](C)N(Cc1ccccc1Cl)C(=O)Cc1ccccc1C. The summed E-state index contributed by atoms with van der Waals surface area (Å²) in [6, 6.07) is 14.5. The molecule has 0 fully saturated rings. The highest BCUT2D eigenvalue weighted by molar-refractivity contribution is 6.31. The Kier molecular flexibility index (Phi) is 6.59. The van der Waals surface area contributed by atoms with Gasteiger partial charge < -0.3 is 10.2 Å². The number of benzene rings is 2. The van der Waals surface area contributed by atoms with Gasteiger partial charge in [0, 0.05) is 18.6 Å². The van der Waals surface area contributed by atoms with Crippen molar-refractivity contribution in [2.75, 3.05) is 7.05 Å². The Hall–Kier alpha value is -2.33. The van der Waals surface area contributed by atoms with Gasteiger partial charge in [0.05, 0.1) is 6.42 Å². The Morgan fingerprint density at radius 2 is 1.68 bits per heavy atom. The molecule has 0 spiro atoms. The first-order chi connectivity index (χ1) is 11.9. The highest BCUT2D eigenvalue weighted by Crippen LogP contribution is 2.20. The number of nitrogens with zero attached hydrogens (tertiary/aromatic N) is 1. The number of rotatable bonds is 6. The molecule has 0 bridgehead atoms. The van der Waals surface area contributed by atoms with Gasteiger partial charge in [-0.2, -0.15) is 0 Å². The van der Waals surface area contributed by atoms with Crippen LogP contribution in [0.25, 0.3) is 0 Å². The number of likely N-dealkylation sites (N-methyl/N-ethyl adjacent to an activating group) is 1. The zero-order valence-electron chi connectivity index (χ0n) is 14.8. The van der Waals surface area contributed by atoms with E-state index in [1.807, 2.05) is 49.4 Å². The standard InChI is InChI=1S/C20H23ClN2O2/c1-14-8-4-5-9-16(14)12-19(24)23(15(2)20(25)22-3)13-17-10-6-7-11-18(17)21/h4-11,15H,12-13H2,1-3H3,(H,22,25)/t15-/m1/s1. The summed E-state index contributed by atoms with van der Waals surface area (Å²) in [6.45, 7) is 3.99. The Morgan fingerprint density at radius 1 is 1.08 bits per heavy atom. The number of hydrogen-bond donors (Lipinski definition) is 1. The number of hydrogen-bond acceptors (Lipinski definition) is 2. The third-order valence-electron chi connectivity index (χ3n) is 4.32. The van der Waals surface area contributed by atoms with Gasteiger partial charge in [-0.05, 0) is 36.6 Å². The van der Waals surface area contributed by atoms with E-state index in [1.165, 1.54) is 0 Å². The van der Waals surface area contributed by atoms with Gasteiger partial charge in [-0.1, -0.05) is 54.1 Å². The fourth-order valence-electron chi connectivity index (χ4n) is 2.67. The molecule has 0 unspecified atom stereocenters. The van der Waals surface area contributed by atoms with Crippen LogP contribution >= 0.6 is 11.6 Å². The maximum absolute atomic E-state index is 12.9. The normalized spacial score (nSPS) is 11.7. The van der Waals surface area contributed by atoms with E-state index in [0.717, 1.165) is 16.7 Å². The molecule has 0 aliphatic carbocycles. The molecule has 0 aliphatic rings. The van der Waals surface area contributed by atoms with E-state index in [4.69, 9.17) is 11.6 Å². The second-order valence-electron chi connectivity index (χ2n) is 6.01. The fourth-order valence-corrected chi connectivity index (χ4v) is 2.87. The molecular formula is C20H23ClN2O2. The van der Waals surface area contributed by atoms with Crippen LogP contribution in [0.1, 0.15) is 23.6 Å². The maximum atomic E-state index is 12.9. The smallest absolute Gasteiger partial charge is 0.242 e. The topological polar surface area (TPSA) is 49.4 Å². The first kappa shape index (κ1) is 19.0. The van der Waals surface area contributed by atoms with E-state index in [2.05, 4.69) is 5.32 Å². The molecule has 5 heteroatoms.